The Bertz CT molecular complexity index is 157. The highest BCUT2D eigenvalue weighted by molar-refractivity contribution is 5.73. The molecule has 0 aliphatic carbocycles. The SMILES string of the molecule is CCCN=C(NC(C)C(C)N)OC. The molecule has 78 valence electrons. The average Bonchev–Trinajstić information content (AvgIpc) is 2.11. The third-order valence-corrected chi connectivity index (χ3v) is 1.81. The summed E-state index contributed by atoms with van der Waals surface area (Å²) in [4.78, 5) is 4.21. The van der Waals surface area contributed by atoms with Gasteiger partial charge in [-0.2, -0.15) is 0 Å². The second-order valence-corrected chi connectivity index (χ2v) is 3.18. The van der Waals surface area contributed by atoms with E-state index in [1.54, 1.807) is 7.11 Å². The molecule has 4 nitrogen and oxygen atoms in total. The van der Waals surface area contributed by atoms with Crippen molar-refractivity contribution in [3.8, 4) is 0 Å². The van der Waals surface area contributed by atoms with Crippen LogP contribution in [0.1, 0.15) is 27.2 Å². The van der Waals surface area contributed by atoms with Crippen LogP contribution in [0.5, 0.6) is 0 Å². The molecule has 0 aromatic rings. The van der Waals surface area contributed by atoms with Gasteiger partial charge in [-0.1, -0.05) is 6.92 Å². The van der Waals surface area contributed by atoms with Crippen molar-refractivity contribution in [3.63, 3.8) is 0 Å². The van der Waals surface area contributed by atoms with E-state index < -0.39 is 0 Å². The highest BCUT2D eigenvalue weighted by Crippen LogP contribution is 1.89. The number of nitrogens with one attached hydrogen (secondary N) is 1. The van der Waals surface area contributed by atoms with E-state index in [0.717, 1.165) is 13.0 Å². The maximum Gasteiger partial charge on any atom is 0.284 e. The first-order chi connectivity index (χ1) is 6.11. The smallest absolute Gasteiger partial charge is 0.284 e. The number of hydrogen-bond donors (Lipinski definition) is 2. The fourth-order valence-electron chi connectivity index (χ4n) is 0.709. The van der Waals surface area contributed by atoms with Crippen LogP contribution >= 0.6 is 0 Å². The van der Waals surface area contributed by atoms with Crippen molar-refractivity contribution >= 4 is 6.02 Å². The topological polar surface area (TPSA) is 59.6 Å². The molecule has 0 aliphatic heterocycles. The number of nitrogens with zero attached hydrogens (tertiary/aromatic N) is 1. The van der Waals surface area contributed by atoms with Crippen molar-refractivity contribution < 1.29 is 4.74 Å². The van der Waals surface area contributed by atoms with Crippen molar-refractivity contribution in [1.82, 2.24) is 5.32 Å². The number of hydrogen-bond acceptors (Lipinski definition) is 3. The summed E-state index contributed by atoms with van der Waals surface area (Å²) in [5.74, 6) is 0. The highest BCUT2D eigenvalue weighted by Gasteiger charge is 2.08. The summed E-state index contributed by atoms with van der Waals surface area (Å²) < 4.78 is 5.06. The maximum absolute atomic E-state index is 5.69. The van der Waals surface area contributed by atoms with E-state index in [-0.39, 0.29) is 12.1 Å². The van der Waals surface area contributed by atoms with E-state index in [1.807, 2.05) is 13.8 Å². The molecular formula is C9H21N3O. The molecule has 4 heteroatoms. The number of ether oxygens (including phenoxy) is 1. The number of methoxy groups -OCH3 is 1. The van der Waals surface area contributed by atoms with Gasteiger partial charge in [0.25, 0.3) is 6.02 Å². The van der Waals surface area contributed by atoms with Crippen LogP contribution in [-0.4, -0.2) is 31.8 Å². The van der Waals surface area contributed by atoms with Gasteiger partial charge >= 0.3 is 0 Å². The van der Waals surface area contributed by atoms with Crippen molar-refractivity contribution in [1.29, 1.82) is 0 Å². The summed E-state index contributed by atoms with van der Waals surface area (Å²) in [5.41, 5.74) is 5.69. The average molecular weight is 187 g/mol. The van der Waals surface area contributed by atoms with Crippen LogP contribution in [-0.2, 0) is 4.74 Å². The van der Waals surface area contributed by atoms with Gasteiger partial charge in [0.2, 0.25) is 0 Å². The van der Waals surface area contributed by atoms with Gasteiger partial charge in [0, 0.05) is 18.6 Å². The third kappa shape index (κ3) is 5.47. The van der Waals surface area contributed by atoms with Gasteiger partial charge in [0.15, 0.2) is 0 Å². The lowest BCUT2D eigenvalue weighted by Gasteiger charge is -2.18. The molecule has 0 bridgehead atoms. The Kier molecular flexibility index (Phi) is 6.32. The third-order valence-electron chi connectivity index (χ3n) is 1.81. The molecule has 3 N–H and O–H groups in total. The van der Waals surface area contributed by atoms with Crippen LogP contribution in [0.4, 0.5) is 0 Å². The lowest BCUT2D eigenvalue weighted by Crippen LogP contribution is -2.44. The Morgan fingerprint density at radius 1 is 1.54 bits per heavy atom. The van der Waals surface area contributed by atoms with Gasteiger partial charge in [-0.15, -0.1) is 0 Å². The minimum atomic E-state index is 0.0852. The predicted molar refractivity (Wildman–Crippen MR) is 55.8 cm³/mol. The Labute approximate surface area is 80.6 Å². The number of aliphatic imine (C=N–C) groups is 1. The molecule has 0 aromatic carbocycles. The number of amidine groups is 1. The number of rotatable bonds is 4. The second-order valence-electron chi connectivity index (χ2n) is 3.18. The summed E-state index contributed by atoms with van der Waals surface area (Å²) in [7, 11) is 1.61. The molecule has 0 spiro atoms. The minimum Gasteiger partial charge on any atom is -0.469 e. The molecule has 0 rings (SSSR count). The molecule has 2 unspecified atom stereocenters. The summed E-state index contributed by atoms with van der Waals surface area (Å²) in [5, 5.41) is 3.10. The van der Waals surface area contributed by atoms with Gasteiger partial charge in [0.1, 0.15) is 0 Å². The quantitative estimate of drug-likeness (QED) is 0.504. The summed E-state index contributed by atoms with van der Waals surface area (Å²) >= 11 is 0. The Hall–Kier alpha value is -0.770. The van der Waals surface area contributed by atoms with E-state index in [1.165, 1.54) is 0 Å². The van der Waals surface area contributed by atoms with Crippen LogP contribution in [0.25, 0.3) is 0 Å². The Balaban J connectivity index is 3.96. The largest absolute Gasteiger partial charge is 0.469 e. The molecule has 0 radical (unpaired) electrons. The van der Waals surface area contributed by atoms with Gasteiger partial charge in [-0.05, 0) is 20.3 Å². The van der Waals surface area contributed by atoms with E-state index in [0.29, 0.717) is 6.02 Å². The van der Waals surface area contributed by atoms with Gasteiger partial charge in [-0.3, -0.25) is 0 Å². The maximum atomic E-state index is 5.69. The summed E-state index contributed by atoms with van der Waals surface area (Å²) in [6, 6.07) is 0.837. The molecular weight excluding hydrogens is 166 g/mol. The first-order valence-electron chi connectivity index (χ1n) is 4.72. The highest BCUT2D eigenvalue weighted by atomic mass is 16.5. The molecule has 0 heterocycles. The normalized spacial score (nSPS) is 16.5. The minimum absolute atomic E-state index is 0.0852. The number of nitrogens with two attached hydrogens (primary N) is 1. The molecule has 13 heavy (non-hydrogen) atoms. The summed E-state index contributed by atoms with van der Waals surface area (Å²) in [6.07, 6.45) is 1.01. The lowest BCUT2D eigenvalue weighted by molar-refractivity contribution is 0.362. The molecule has 0 aliphatic rings. The van der Waals surface area contributed by atoms with Gasteiger partial charge in [0.05, 0.1) is 7.11 Å². The van der Waals surface area contributed by atoms with E-state index in [4.69, 9.17) is 10.5 Å². The lowest BCUT2D eigenvalue weighted by atomic mass is 10.2. The van der Waals surface area contributed by atoms with Crippen molar-refractivity contribution in [2.24, 2.45) is 10.7 Å². The monoisotopic (exact) mass is 187 g/mol. The molecule has 2 atom stereocenters. The van der Waals surface area contributed by atoms with E-state index in [9.17, 15) is 0 Å². The van der Waals surface area contributed by atoms with Crippen molar-refractivity contribution in [2.45, 2.75) is 39.3 Å². The summed E-state index contributed by atoms with van der Waals surface area (Å²) in [6.45, 7) is 6.81. The molecule has 0 saturated carbocycles. The predicted octanol–water partition coefficient (Wildman–Crippen LogP) is 0.724. The van der Waals surface area contributed by atoms with Crippen LogP contribution in [0.2, 0.25) is 0 Å². The van der Waals surface area contributed by atoms with E-state index >= 15 is 0 Å². The zero-order valence-electron chi connectivity index (χ0n) is 9.00. The zero-order chi connectivity index (χ0) is 10.3. The Morgan fingerprint density at radius 3 is 2.54 bits per heavy atom. The zero-order valence-corrected chi connectivity index (χ0v) is 9.00. The molecule has 0 saturated heterocycles. The fraction of sp³-hybridized carbons (Fsp3) is 0.889. The molecule has 0 aromatic heterocycles. The van der Waals surface area contributed by atoms with Crippen LogP contribution < -0.4 is 11.1 Å². The molecule has 0 amide bonds. The Morgan fingerprint density at radius 2 is 2.15 bits per heavy atom. The van der Waals surface area contributed by atoms with Crippen molar-refractivity contribution in [3.05, 3.63) is 0 Å². The first kappa shape index (κ1) is 12.2. The van der Waals surface area contributed by atoms with E-state index in [2.05, 4.69) is 17.2 Å². The second kappa shape index (κ2) is 6.71. The first-order valence-corrected chi connectivity index (χ1v) is 4.72. The van der Waals surface area contributed by atoms with Crippen LogP contribution in [0, 0.1) is 0 Å². The standard InChI is InChI=1S/C9H21N3O/c1-5-6-11-9(13-4)12-8(3)7(2)10/h7-8H,5-6,10H2,1-4H3,(H,11,12). The van der Waals surface area contributed by atoms with Crippen molar-refractivity contribution in [2.75, 3.05) is 13.7 Å². The molecule has 0 fully saturated rings. The van der Waals surface area contributed by atoms with Crippen LogP contribution in [0.15, 0.2) is 4.99 Å². The van der Waals surface area contributed by atoms with Gasteiger partial charge < -0.3 is 15.8 Å². The van der Waals surface area contributed by atoms with Crippen LogP contribution in [0.3, 0.4) is 0 Å². The van der Waals surface area contributed by atoms with Gasteiger partial charge in [-0.25, -0.2) is 4.99 Å². The fourth-order valence-corrected chi connectivity index (χ4v) is 0.709.